The van der Waals surface area contributed by atoms with E-state index in [1.54, 1.807) is 25.2 Å². The molecule has 2 aliphatic rings. The Morgan fingerprint density at radius 1 is 1.52 bits per heavy atom. The topological polar surface area (TPSA) is 45.7 Å². The summed E-state index contributed by atoms with van der Waals surface area (Å²) in [6, 6.07) is 5.99. The molecule has 2 saturated heterocycles. The fourth-order valence-corrected chi connectivity index (χ4v) is 4.44. The Labute approximate surface area is 129 Å². The van der Waals surface area contributed by atoms with Crippen LogP contribution in [0, 0.1) is 0 Å². The van der Waals surface area contributed by atoms with Crippen molar-refractivity contribution < 1.29 is 9.53 Å². The Bertz CT molecular complexity index is 503. The number of nitrogens with zero attached hydrogens (tertiary/aromatic N) is 3. The average Bonchev–Trinajstić information content (AvgIpc) is 2.88. The molecule has 0 bridgehead atoms. The third-order valence-electron chi connectivity index (χ3n) is 3.98. The summed E-state index contributed by atoms with van der Waals surface area (Å²) in [4.78, 5) is 19.7. The number of pyridine rings is 1. The van der Waals surface area contributed by atoms with Gasteiger partial charge in [-0.15, -0.1) is 11.8 Å². The van der Waals surface area contributed by atoms with Crippen LogP contribution in [0.4, 0.5) is 4.79 Å². The van der Waals surface area contributed by atoms with Gasteiger partial charge < -0.3 is 14.5 Å². The Balaban J connectivity index is 1.46. The molecule has 1 spiro atoms. The van der Waals surface area contributed by atoms with E-state index < -0.39 is 0 Å². The van der Waals surface area contributed by atoms with E-state index in [1.807, 2.05) is 34.9 Å². The lowest BCUT2D eigenvalue weighted by atomic mass is 9.93. The molecular formula is C15H21N3O2S. The average molecular weight is 307 g/mol. The lowest BCUT2D eigenvalue weighted by Crippen LogP contribution is -2.62. The number of likely N-dealkylation sites (tertiary alicyclic amines) is 1. The van der Waals surface area contributed by atoms with Crippen LogP contribution >= 0.6 is 11.8 Å². The number of amides is 2. The second-order valence-electron chi connectivity index (χ2n) is 5.99. The van der Waals surface area contributed by atoms with Crippen LogP contribution in [0.5, 0.6) is 0 Å². The molecule has 21 heavy (non-hydrogen) atoms. The summed E-state index contributed by atoms with van der Waals surface area (Å²) in [6.45, 7) is 2.26. The smallest absolute Gasteiger partial charge is 0.319 e. The maximum atomic E-state index is 11.9. The molecule has 6 heteroatoms. The quantitative estimate of drug-likeness (QED) is 0.855. The SMILES string of the molecule is CN(C)C(=O)N1CC2(CC(OCc3ccccn3)CS2)C1. The molecule has 0 saturated carbocycles. The van der Waals surface area contributed by atoms with Gasteiger partial charge in [-0.2, -0.15) is 0 Å². The van der Waals surface area contributed by atoms with E-state index >= 15 is 0 Å². The summed E-state index contributed by atoms with van der Waals surface area (Å²) in [7, 11) is 3.60. The number of hydrogen-bond acceptors (Lipinski definition) is 4. The standard InChI is InChI=1S/C15H21N3O2S/c1-17(2)14(19)18-10-15(11-18)7-13(9-21-15)20-8-12-5-3-4-6-16-12/h3-6,13H,7-11H2,1-2H3. The van der Waals surface area contributed by atoms with Gasteiger partial charge in [-0.3, -0.25) is 4.98 Å². The van der Waals surface area contributed by atoms with Crippen LogP contribution in [-0.2, 0) is 11.3 Å². The van der Waals surface area contributed by atoms with Crippen LogP contribution in [0.15, 0.2) is 24.4 Å². The number of carbonyl (C=O) groups is 1. The minimum atomic E-state index is 0.110. The number of urea groups is 1. The van der Waals surface area contributed by atoms with Gasteiger partial charge >= 0.3 is 6.03 Å². The zero-order valence-electron chi connectivity index (χ0n) is 12.5. The zero-order chi connectivity index (χ0) is 14.9. The van der Waals surface area contributed by atoms with Crippen molar-refractivity contribution in [1.82, 2.24) is 14.8 Å². The summed E-state index contributed by atoms with van der Waals surface area (Å²) in [5, 5.41) is 0. The highest BCUT2D eigenvalue weighted by Gasteiger charge is 2.51. The van der Waals surface area contributed by atoms with Crippen LogP contribution < -0.4 is 0 Å². The fourth-order valence-electron chi connectivity index (χ4n) is 2.88. The number of rotatable bonds is 3. The van der Waals surface area contributed by atoms with E-state index in [1.165, 1.54) is 0 Å². The van der Waals surface area contributed by atoms with Crippen molar-refractivity contribution in [2.45, 2.75) is 23.9 Å². The van der Waals surface area contributed by atoms with Crippen molar-refractivity contribution >= 4 is 17.8 Å². The second kappa shape index (κ2) is 5.85. The Kier molecular flexibility index (Phi) is 4.08. The van der Waals surface area contributed by atoms with Crippen LogP contribution in [-0.4, -0.2) is 64.6 Å². The van der Waals surface area contributed by atoms with E-state index in [-0.39, 0.29) is 16.9 Å². The van der Waals surface area contributed by atoms with Gasteiger partial charge in [0, 0.05) is 39.1 Å². The molecule has 2 aliphatic heterocycles. The first-order valence-corrected chi connectivity index (χ1v) is 8.18. The molecule has 3 heterocycles. The molecule has 1 atom stereocenters. The minimum Gasteiger partial charge on any atom is -0.371 e. The largest absolute Gasteiger partial charge is 0.371 e. The van der Waals surface area contributed by atoms with Crippen molar-refractivity contribution in [3.8, 4) is 0 Å². The molecule has 5 nitrogen and oxygen atoms in total. The highest BCUT2D eigenvalue weighted by molar-refractivity contribution is 8.01. The number of carbonyl (C=O) groups excluding carboxylic acids is 1. The number of thioether (sulfide) groups is 1. The van der Waals surface area contributed by atoms with Crippen molar-refractivity contribution in [3.05, 3.63) is 30.1 Å². The Morgan fingerprint density at radius 3 is 3.00 bits per heavy atom. The van der Waals surface area contributed by atoms with E-state index in [2.05, 4.69) is 4.98 Å². The van der Waals surface area contributed by atoms with Gasteiger partial charge in [0.05, 0.1) is 23.2 Å². The van der Waals surface area contributed by atoms with Crippen molar-refractivity contribution in [1.29, 1.82) is 0 Å². The number of aromatic nitrogens is 1. The molecule has 1 aromatic rings. The van der Waals surface area contributed by atoms with Crippen molar-refractivity contribution in [3.63, 3.8) is 0 Å². The van der Waals surface area contributed by atoms with Crippen molar-refractivity contribution in [2.24, 2.45) is 0 Å². The normalized spacial score (nSPS) is 23.1. The predicted molar refractivity (Wildman–Crippen MR) is 83.3 cm³/mol. The first kappa shape index (κ1) is 14.7. The van der Waals surface area contributed by atoms with Crippen LogP contribution in [0.2, 0.25) is 0 Å². The minimum absolute atomic E-state index is 0.110. The van der Waals surface area contributed by atoms with Gasteiger partial charge in [-0.1, -0.05) is 6.07 Å². The van der Waals surface area contributed by atoms with E-state index in [0.717, 1.165) is 31.0 Å². The second-order valence-corrected chi connectivity index (χ2v) is 7.47. The molecule has 114 valence electrons. The lowest BCUT2D eigenvalue weighted by molar-refractivity contribution is 0.0311. The summed E-state index contributed by atoms with van der Waals surface area (Å²) >= 11 is 1.95. The summed E-state index contributed by atoms with van der Waals surface area (Å²) < 4.78 is 6.19. The molecule has 1 unspecified atom stereocenters. The maximum Gasteiger partial charge on any atom is 0.319 e. The van der Waals surface area contributed by atoms with Crippen LogP contribution in [0.1, 0.15) is 12.1 Å². The molecule has 0 radical (unpaired) electrons. The first-order valence-electron chi connectivity index (χ1n) is 7.20. The molecule has 0 aliphatic carbocycles. The maximum absolute atomic E-state index is 11.9. The molecular weight excluding hydrogens is 286 g/mol. The van der Waals surface area contributed by atoms with E-state index in [9.17, 15) is 4.79 Å². The zero-order valence-corrected chi connectivity index (χ0v) is 13.3. The van der Waals surface area contributed by atoms with Crippen LogP contribution in [0.3, 0.4) is 0 Å². The highest BCUT2D eigenvalue weighted by Crippen LogP contribution is 2.46. The summed E-state index contributed by atoms with van der Waals surface area (Å²) in [5.41, 5.74) is 0.974. The van der Waals surface area contributed by atoms with Gasteiger partial charge in [0.15, 0.2) is 0 Å². The summed E-state index contributed by atoms with van der Waals surface area (Å²) in [6.07, 6.45) is 3.09. The number of ether oxygens (including phenoxy) is 1. The molecule has 1 aromatic heterocycles. The van der Waals surface area contributed by atoms with E-state index in [0.29, 0.717) is 6.61 Å². The van der Waals surface area contributed by atoms with Gasteiger partial charge in [-0.05, 0) is 18.6 Å². The van der Waals surface area contributed by atoms with Gasteiger partial charge in [-0.25, -0.2) is 4.79 Å². The van der Waals surface area contributed by atoms with Gasteiger partial charge in [0.25, 0.3) is 0 Å². The van der Waals surface area contributed by atoms with E-state index in [4.69, 9.17) is 4.74 Å². The van der Waals surface area contributed by atoms with Gasteiger partial charge in [0.2, 0.25) is 0 Å². The highest BCUT2D eigenvalue weighted by atomic mass is 32.2. The third-order valence-corrected chi connectivity index (χ3v) is 5.55. The number of hydrogen-bond donors (Lipinski definition) is 0. The molecule has 0 aromatic carbocycles. The van der Waals surface area contributed by atoms with Crippen molar-refractivity contribution in [2.75, 3.05) is 32.9 Å². The molecule has 0 N–H and O–H groups in total. The predicted octanol–water partition coefficient (Wildman–Crippen LogP) is 1.84. The lowest BCUT2D eigenvalue weighted by Gasteiger charge is -2.48. The monoisotopic (exact) mass is 307 g/mol. The Hall–Kier alpha value is -1.27. The fraction of sp³-hybridized carbons (Fsp3) is 0.600. The summed E-state index contributed by atoms with van der Waals surface area (Å²) in [5.74, 6) is 1.01. The molecule has 2 fully saturated rings. The first-order chi connectivity index (χ1) is 10.1. The molecule has 2 amide bonds. The Morgan fingerprint density at radius 2 is 2.33 bits per heavy atom. The van der Waals surface area contributed by atoms with Crippen LogP contribution in [0.25, 0.3) is 0 Å². The van der Waals surface area contributed by atoms with Gasteiger partial charge in [0.1, 0.15) is 0 Å². The third kappa shape index (κ3) is 3.16. The molecule has 3 rings (SSSR count).